The van der Waals surface area contributed by atoms with Gasteiger partial charge in [-0.05, 0) is 68.1 Å². The molecule has 0 spiro atoms. The highest BCUT2D eigenvalue weighted by atomic mass is 19.1. The third-order valence-electron chi connectivity index (χ3n) is 11.9. The first-order valence-corrected chi connectivity index (χ1v) is 21.4. The maximum atomic E-state index is 17.1. The van der Waals surface area contributed by atoms with E-state index in [-0.39, 0.29) is 61.4 Å². The maximum absolute atomic E-state index is 17.1. The summed E-state index contributed by atoms with van der Waals surface area (Å²) in [4.78, 5) is 43.8. The van der Waals surface area contributed by atoms with Crippen molar-refractivity contribution in [2.45, 2.75) is 89.5 Å². The Hall–Kier alpha value is -6.42. The summed E-state index contributed by atoms with van der Waals surface area (Å²) in [7, 11) is 0. The zero-order valence-corrected chi connectivity index (χ0v) is 35.6. The lowest BCUT2D eigenvalue weighted by Gasteiger charge is -2.30. The van der Waals surface area contributed by atoms with Gasteiger partial charge in [0.05, 0.1) is 42.4 Å². The van der Waals surface area contributed by atoms with E-state index in [1.54, 1.807) is 42.6 Å². The van der Waals surface area contributed by atoms with Crippen LogP contribution >= 0.6 is 0 Å². The summed E-state index contributed by atoms with van der Waals surface area (Å²) in [6.07, 6.45) is 3.50. The fraction of sp³-hybridized carbons (Fsp3) is 0.404. The molecule has 9 rings (SSSR count). The molecule has 0 aliphatic carbocycles. The van der Waals surface area contributed by atoms with E-state index in [9.17, 15) is 14.0 Å². The average Bonchev–Trinajstić information content (AvgIpc) is 3.92. The molecule has 0 bridgehead atoms. The van der Waals surface area contributed by atoms with Gasteiger partial charge < -0.3 is 29.2 Å². The second-order valence-electron chi connectivity index (χ2n) is 17.5. The largest absolute Gasteiger partial charge is 0.472 e. The van der Waals surface area contributed by atoms with Crippen LogP contribution < -0.4 is 14.8 Å². The van der Waals surface area contributed by atoms with Gasteiger partial charge in [0.1, 0.15) is 36.2 Å². The van der Waals surface area contributed by atoms with Gasteiger partial charge in [-0.25, -0.2) is 18.4 Å². The number of amides is 2. The second-order valence-corrected chi connectivity index (χ2v) is 17.5. The second kappa shape index (κ2) is 17.4. The molecule has 6 heterocycles. The van der Waals surface area contributed by atoms with Crippen molar-refractivity contribution in [3.05, 3.63) is 108 Å². The Labute approximate surface area is 363 Å². The predicted molar refractivity (Wildman–Crippen MR) is 230 cm³/mol. The van der Waals surface area contributed by atoms with Crippen LogP contribution in [0.4, 0.5) is 18.4 Å². The fourth-order valence-electron chi connectivity index (χ4n) is 9.04. The van der Waals surface area contributed by atoms with Crippen molar-refractivity contribution in [3.63, 3.8) is 0 Å². The SMILES string of the molecule is CC(C)(C)OC(=O)N1Cc2ccnn2CC(NC(=O)OCCc2cccc3cccc(-c4ncc5c(OCc6ccccc6)nc(OC[C@@]67CCCN6C[C@H](F)C7)nc5c4F)c23)C1. The van der Waals surface area contributed by atoms with E-state index in [1.165, 1.54) is 6.20 Å². The molecule has 14 nitrogen and oxygen atoms in total. The van der Waals surface area contributed by atoms with E-state index in [0.29, 0.717) is 31.5 Å². The molecule has 2 saturated heterocycles. The van der Waals surface area contributed by atoms with Gasteiger partial charge in [-0.3, -0.25) is 14.6 Å². The molecule has 3 atom stereocenters. The Morgan fingerprint density at radius 1 is 0.968 bits per heavy atom. The minimum atomic E-state index is -0.937. The number of aromatic nitrogens is 5. The molecule has 1 unspecified atom stereocenters. The van der Waals surface area contributed by atoms with Crippen molar-refractivity contribution in [3.8, 4) is 23.1 Å². The Morgan fingerprint density at radius 2 is 1.79 bits per heavy atom. The van der Waals surface area contributed by atoms with Gasteiger partial charge in [-0.15, -0.1) is 0 Å². The molecule has 3 aromatic carbocycles. The van der Waals surface area contributed by atoms with Crippen LogP contribution in [0.3, 0.4) is 0 Å². The summed E-state index contributed by atoms with van der Waals surface area (Å²) >= 11 is 0. The van der Waals surface area contributed by atoms with Crippen molar-refractivity contribution in [2.24, 2.45) is 0 Å². The summed E-state index contributed by atoms with van der Waals surface area (Å²) in [6.45, 7) is 7.75. The van der Waals surface area contributed by atoms with Crippen LogP contribution in [0.2, 0.25) is 0 Å². The highest BCUT2D eigenvalue weighted by molar-refractivity contribution is 6.00. The van der Waals surface area contributed by atoms with E-state index in [2.05, 4.69) is 30.3 Å². The highest BCUT2D eigenvalue weighted by Gasteiger charge is 2.49. The molecule has 3 aliphatic heterocycles. The van der Waals surface area contributed by atoms with Gasteiger partial charge in [0.15, 0.2) is 5.82 Å². The smallest absolute Gasteiger partial charge is 0.410 e. The minimum Gasteiger partial charge on any atom is -0.472 e. The van der Waals surface area contributed by atoms with Crippen LogP contribution in [0.1, 0.15) is 56.9 Å². The number of hydrogen-bond donors (Lipinski definition) is 1. The summed E-state index contributed by atoms with van der Waals surface area (Å²) in [6, 6.07) is 22.1. The number of halogens is 2. The molecule has 0 saturated carbocycles. The fourth-order valence-corrected chi connectivity index (χ4v) is 9.04. The van der Waals surface area contributed by atoms with Gasteiger partial charge in [0, 0.05) is 43.9 Å². The number of fused-ring (bicyclic) bond motifs is 4. The lowest BCUT2D eigenvalue weighted by molar-refractivity contribution is 0.0219. The van der Waals surface area contributed by atoms with Gasteiger partial charge in [0.25, 0.3) is 0 Å². The molecule has 0 radical (unpaired) electrons. The minimum absolute atomic E-state index is 0.0144. The maximum Gasteiger partial charge on any atom is 0.410 e. The highest BCUT2D eigenvalue weighted by Crippen LogP contribution is 2.41. The first-order chi connectivity index (χ1) is 30.4. The lowest BCUT2D eigenvalue weighted by Crippen LogP contribution is -2.47. The van der Waals surface area contributed by atoms with E-state index in [0.717, 1.165) is 47.0 Å². The normalized spacial score (nSPS) is 20.0. The van der Waals surface area contributed by atoms with Crippen LogP contribution in [0.25, 0.3) is 32.9 Å². The Bertz CT molecular complexity index is 2640. The number of hydrogen-bond acceptors (Lipinski definition) is 11. The van der Waals surface area contributed by atoms with Gasteiger partial charge in [-0.2, -0.15) is 15.1 Å². The Balaban J connectivity index is 0.959. The van der Waals surface area contributed by atoms with Crippen molar-refractivity contribution >= 4 is 33.9 Å². The van der Waals surface area contributed by atoms with Crippen molar-refractivity contribution in [1.82, 2.24) is 39.8 Å². The van der Waals surface area contributed by atoms with Gasteiger partial charge in [0.2, 0.25) is 5.88 Å². The molecule has 6 aromatic rings. The third kappa shape index (κ3) is 9.08. The zero-order chi connectivity index (χ0) is 43.7. The van der Waals surface area contributed by atoms with Crippen LogP contribution in [0, 0.1) is 5.82 Å². The standard InChI is InChI=1S/C47H50F2N8O6/c1-46(2,3)63-45(59)55-25-34(26-57-35(27-55)16-19-51-57)52-44(58)60-21-17-32-13-7-12-31-14-8-15-36(38(31)32)40-39(49)41-37(23-50-40)42(61-28-30-10-5-4-6-11-30)54-43(53-41)62-29-47-18-9-20-56(47)24-33(48)22-47/h4-8,10-16,19,23,33-34H,9,17-18,20-22,24-29H2,1-3H3,(H,52,58)/t33-,34?,47+/m1/s1. The zero-order valence-electron chi connectivity index (χ0n) is 35.6. The average molecular weight is 861 g/mol. The number of nitrogens with zero attached hydrogens (tertiary/aromatic N) is 7. The number of carbonyl (C=O) groups is 2. The Morgan fingerprint density at radius 3 is 2.62 bits per heavy atom. The summed E-state index contributed by atoms with van der Waals surface area (Å²) in [5.41, 5.74) is 1.94. The van der Waals surface area contributed by atoms with Crippen molar-refractivity contribution < 1.29 is 37.3 Å². The van der Waals surface area contributed by atoms with Gasteiger partial charge >= 0.3 is 18.2 Å². The number of ether oxygens (including phenoxy) is 4. The molecule has 3 aromatic heterocycles. The number of rotatable bonds is 11. The molecule has 63 heavy (non-hydrogen) atoms. The quantitative estimate of drug-likeness (QED) is 0.136. The van der Waals surface area contributed by atoms with Crippen LogP contribution in [-0.4, -0.2) is 103 Å². The monoisotopic (exact) mass is 860 g/mol. The van der Waals surface area contributed by atoms with E-state index in [1.807, 2.05) is 66.7 Å². The summed E-state index contributed by atoms with van der Waals surface area (Å²) in [5.74, 6) is -0.565. The Kier molecular flexibility index (Phi) is 11.6. The molecular weight excluding hydrogens is 811 g/mol. The molecule has 3 aliphatic rings. The number of alkyl halides is 1. The van der Waals surface area contributed by atoms with Gasteiger partial charge in [-0.1, -0.05) is 66.7 Å². The van der Waals surface area contributed by atoms with E-state index < -0.39 is 41.4 Å². The van der Waals surface area contributed by atoms with E-state index >= 15 is 4.39 Å². The van der Waals surface area contributed by atoms with E-state index in [4.69, 9.17) is 18.9 Å². The molecule has 2 fully saturated rings. The van der Waals surface area contributed by atoms with Crippen LogP contribution in [0.5, 0.6) is 11.9 Å². The molecule has 16 heteroatoms. The summed E-state index contributed by atoms with van der Waals surface area (Å²) in [5, 5.41) is 9.14. The van der Waals surface area contributed by atoms with Crippen molar-refractivity contribution in [2.75, 3.05) is 32.8 Å². The lowest BCUT2D eigenvalue weighted by atomic mass is 9.95. The number of pyridine rings is 1. The molecule has 2 amide bonds. The topological polar surface area (TPSA) is 146 Å². The first kappa shape index (κ1) is 41.9. The predicted octanol–water partition coefficient (Wildman–Crippen LogP) is 7.80. The summed E-state index contributed by atoms with van der Waals surface area (Å²) < 4.78 is 57.3. The number of benzene rings is 3. The molecule has 1 N–H and O–H groups in total. The number of alkyl carbamates (subject to hydrolysis) is 1. The van der Waals surface area contributed by atoms with Crippen LogP contribution in [-0.2, 0) is 35.6 Å². The first-order valence-electron chi connectivity index (χ1n) is 21.4. The third-order valence-corrected chi connectivity index (χ3v) is 11.9. The number of nitrogens with one attached hydrogen (secondary N) is 1. The van der Waals surface area contributed by atoms with Crippen molar-refractivity contribution in [1.29, 1.82) is 0 Å². The molecular formula is C47H50F2N8O6. The number of carbonyl (C=O) groups excluding carboxylic acids is 2. The van der Waals surface area contributed by atoms with Crippen LogP contribution in [0.15, 0.2) is 85.2 Å². The molecule has 328 valence electrons.